The topological polar surface area (TPSA) is 54.9 Å². The molecule has 0 aliphatic heterocycles. The molecule has 0 aliphatic carbocycles. The van der Waals surface area contributed by atoms with Crippen molar-refractivity contribution in [2.24, 2.45) is 7.05 Å². The summed E-state index contributed by atoms with van der Waals surface area (Å²) in [5, 5.41) is 1.90. The van der Waals surface area contributed by atoms with Crippen molar-refractivity contribution >= 4 is 11.3 Å². The maximum atomic E-state index is 11.3. The molecule has 0 spiro atoms. The van der Waals surface area contributed by atoms with Gasteiger partial charge in [-0.3, -0.25) is 14.3 Å². The zero-order chi connectivity index (χ0) is 10.1. The van der Waals surface area contributed by atoms with E-state index in [1.807, 2.05) is 17.5 Å². The van der Waals surface area contributed by atoms with Crippen molar-refractivity contribution in [2.75, 3.05) is 0 Å². The van der Waals surface area contributed by atoms with Crippen molar-refractivity contribution in [2.45, 2.75) is 0 Å². The number of hydrogen-bond acceptors (Lipinski definition) is 3. The third kappa shape index (κ3) is 1.42. The number of rotatable bonds is 1. The third-order valence-electron chi connectivity index (χ3n) is 1.94. The predicted molar refractivity (Wildman–Crippen MR) is 55.6 cm³/mol. The molecule has 2 aromatic rings. The van der Waals surface area contributed by atoms with Gasteiger partial charge in [-0.2, -0.15) is 0 Å². The zero-order valence-electron chi connectivity index (χ0n) is 7.48. The Hall–Kier alpha value is -1.62. The average Bonchev–Trinajstić information content (AvgIpc) is 2.63. The zero-order valence-corrected chi connectivity index (χ0v) is 8.30. The predicted octanol–water partition coefficient (Wildman–Crippen LogP) is 0.802. The summed E-state index contributed by atoms with van der Waals surface area (Å²) in [6.07, 6.45) is 0. The van der Waals surface area contributed by atoms with Crippen molar-refractivity contribution in [3.05, 3.63) is 44.4 Å². The van der Waals surface area contributed by atoms with Crippen molar-refractivity contribution < 1.29 is 0 Å². The molecule has 0 saturated heterocycles. The van der Waals surface area contributed by atoms with Gasteiger partial charge in [-0.15, -0.1) is 11.3 Å². The molecule has 0 atom stereocenters. The van der Waals surface area contributed by atoms with E-state index in [4.69, 9.17) is 0 Å². The van der Waals surface area contributed by atoms with Crippen LogP contribution in [0.5, 0.6) is 0 Å². The Balaban J connectivity index is 2.77. The highest BCUT2D eigenvalue weighted by molar-refractivity contribution is 7.13. The van der Waals surface area contributed by atoms with Gasteiger partial charge in [-0.25, -0.2) is 4.79 Å². The summed E-state index contributed by atoms with van der Waals surface area (Å²) in [5.74, 6) is 0. The smallest absolute Gasteiger partial charge is 0.296 e. The minimum Gasteiger partial charge on any atom is -0.296 e. The summed E-state index contributed by atoms with van der Waals surface area (Å²) in [4.78, 5) is 25.5. The van der Waals surface area contributed by atoms with Crippen LogP contribution in [0, 0.1) is 0 Å². The molecule has 0 unspecified atom stereocenters. The van der Waals surface area contributed by atoms with E-state index in [-0.39, 0.29) is 11.2 Å². The van der Waals surface area contributed by atoms with Gasteiger partial charge in [0.15, 0.2) is 0 Å². The molecule has 0 aliphatic rings. The van der Waals surface area contributed by atoms with Crippen LogP contribution in [0.25, 0.3) is 10.6 Å². The largest absolute Gasteiger partial charge is 0.328 e. The minimum atomic E-state index is -0.388. The van der Waals surface area contributed by atoms with Gasteiger partial charge in [0.2, 0.25) is 0 Å². The fourth-order valence-corrected chi connectivity index (χ4v) is 1.99. The number of aromatic amines is 1. The van der Waals surface area contributed by atoms with Gasteiger partial charge in [0, 0.05) is 13.1 Å². The van der Waals surface area contributed by atoms with Crippen molar-refractivity contribution in [1.82, 2.24) is 9.55 Å². The quantitative estimate of drug-likeness (QED) is 0.753. The summed E-state index contributed by atoms with van der Waals surface area (Å²) in [5.41, 5.74) is -0.105. The molecule has 0 amide bonds. The lowest BCUT2D eigenvalue weighted by Gasteiger charge is -2.03. The molecule has 2 heterocycles. The molecule has 2 rings (SSSR count). The molecule has 72 valence electrons. The second-order valence-electron chi connectivity index (χ2n) is 2.86. The normalized spacial score (nSPS) is 10.4. The molecule has 0 fully saturated rings. The fraction of sp³-hybridized carbons (Fsp3) is 0.111. The number of hydrogen-bond donors (Lipinski definition) is 1. The van der Waals surface area contributed by atoms with Crippen LogP contribution in [0.3, 0.4) is 0 Å². The third-order valence-corrected chi connectivity index (χ3v) is 2.83. The minimum absolute atomic E-state index is 0.364. The van der Waals surface area contributed by atoms with E-state index in [0.717, 1.165) is 4.88 Å². The Bertz CT molecular complexity index is 551. The molecular formula is C9H8N2O2S. The van der Waals surface area contributed by atoms with E-state index >= 15 is 0 Å². The number of nitrogens with zero attached hydrogens (tertiary/aromatic N) is 1. The van der Waals surface area contributed by atoms with E-state index in [0.29, 0.717) is 5.69 Å². The summed E-state index contributed by atoms with van der Waals surface area (Å²) in [6.45, 7) is 0. The molecule has 4 nitrogen and oxygen atoms in total. The Morgan fingerprint density at radius 2 is 2.21 bits per heavy atom. The first kappa shape index (κ1) is 8.96. The molecule has 0 saturated carbocycles. The molecule has 5 heteroatoms. The van der Waals surface area contributed by atoms with Crippen LogP contribution in [0.2, 0.25) is 0 Å². The highest BCUT2D eigenvalue weighted by Crippen LogP contribution is 2.21. The summed E-state index contributed by atoms with van der Waals surface area (Å²) < 4.78 is 1.42. The first-order valence-electron chi connectivity index (χ1n) is 4.03. The lowest BCUT2D eigenvalue weighted by molar-refractivity contribution is 0.811. The van der Waals surface area contributed by atoms with E-state index in [9.17, 15) is 9.59 Å². The van der Waals surface area contributed by atoms with Gasteiger partial charge >= 0.3 is 5.69 Å². The first-order valence-corrected chi connectivity index (χ1v) is 4.90. The molecular weight excluding hydrogens is 200 g/mol. The van der Waals surface area contributed by atoms with E-state index in [1.165, 1.54) is 22.0 Å². The van der Waals surface area contributed by atoms with Crippen LogP contribution in [-0.2, 0) is 7.05 Å². The van der Waals surface area contributed by atoms with Crippen LogP contribution in [0.4, 0.5) is 0 Å². The van der Waals surface area contributed by atoms with Gasteiger partial charge in [-0.05, 0) is 11.4 Å². The molecule has 0 aromatic carbocycles. The highest BCUT2D eigenvalue weighted by atomic mass is 32.1. The molecule has 0 bridgehead atoms. The van der Waals surface area contributed by atoms with Gasteiger partial charge in [0.1, 0.15) is 0 Å². The number of nitrogens with one attached hydrogen (secondary N) is 1. The summed E-state index contributed by atoms with van der Waals surface area (Å²) in [7, 11) is 1.63. The monoisotopic (exact) mass is 208 g/mol. The van der Waals surface area contributed by atoms with Gasteiger partial charge < -0.3 is 0 Å². The Morgan fingerprint density at radius 3 is 2.86 bits per heavy atom. The molecule has 0 radical (unpaired) electrons. The maximum Gasteiger partial charge on any atom is 0.328 e. The Kier molecular flexibility index (Phi) is 2.09. The maximum absolute atomic E-state index is 11.3. The van der Waals surface area contributed by atoms with Crippen LogP contribution in [0.1, 0.15) is 0 Å². The van der Waals surface area contributed by atoms with Crippen LogP contribution in [0.15, 0.2) is 33.2 Å². The fourth-order valence-electron chi connectivity index (χ4n) is 1.22. The summed E-state index contributed by atoms with van der Waals surface area (Å²) in [6, 6.07) is 5.18. The van der Waals surface area contributed by atoms with Gasteiger partial charge in [-0.1, -0.05) is 6.07 Å². The number of aromatic nitrogens is 2. The first-order chi connectivity index (χ1) is 6.68. The Morgan fingerprint density at radius 1 is 1.43 bits per heavy atom. The molecule has 14 heavy (non-hydrogen) atoms. The van der Waals surface area contributed by atoms with E-state index in [2.05, 4.69) is 4.98 Å². The highest BCUT2D eigenvalue weighted by Gasteiger charge is 2.04. The van der Waals surface area contributed by atoms with Gasteiger partial charge in [0.25, 0.3) is 5.56 Å². The van der Waals surface area contributed by atoms with Crippen LogP contribution < -0.4 is 11.2 Å². The van der Waals surface area contributed by atoms with Gasteiger partial charge in [0.05, 0.1) is 10.6 Å². The lowest BCUT2D eigenvalue weighted by atomic mass is 10.3. The lowest BCUT2D eigenvalue weighted by Crippen LogP contribution is -2.28. The van der Waals surface area contributed by atoms with Crippen molar-refractivity contribution in [3.8, 4) is 10.6 Å². The van der Waals surface area contributed by atoms with E-state index in [1.54, 1.807) is 7.05 Å². The van der Waals surface area contributed by atoms with E-state index < -0.39 is 0 Å². The average molecular weight is 208 g/mol. The molecule has 2 aromatic heterocycles. The number of thiophene rings is 1. The van der Waals surface area contributed by atoms with Crippen molar-refractivity contribution in [3.63, 3.8) is 0 Å². The number of H-pyrrole nitrogens is 1. The second kappa shape index (κ2) is 3.26. The van der Waals surface area contributed by atoms with Crippen molar-refractivity contribution in [1.29, 1.82) is 0 Å². The summed E-state index contributed by atoms with van der Waals surface area (Å²) >= 11 is 1.50. The standard InChI is InChI=1S/C9H8N2O2S/c1-11-6(7-3-2-4-14-7)5-8(12)10-9(11)13/h2-5H,1H3,(H,10,12,13). The van der Waals surface area contributed by atoms with Crippen LogP contribution in [-0.4, -0.2) is 9.55 Å². The Labute approximate surface area is 83.5 Å². The van der Waals surface area contributed by atoms with Crippen LogP contribution >= 0.6 is 11.3 Å². The second-order valence-corrected chi connectivity index (χ2v) is 3.81. The SMILES string of the molecule is Cn1c(-c2cccs2)cc(=O)[nH]c1=O. The molecule has 1 N–H and O–H groups in total.